The van der Waals surface area contributed by atoms with Gasteiger partial charge in [0.05, 0.1) is 18.8 Å². The molecule has 1 aliphatic heterocycles. The number of nitrogens with zero attached hydrogens (tertiary/aromatic N) is 1. The number of nitrogens with one attached hydrogen (secondary N) is 1. The van der Waals surface area contributed by atoms with E-state index in [0.717, 1.165) is 32.7 Å². The second-order valence-corrected chi connectivity index (χ2v) is 5.67. The standard InChI is InChI=1S/C16H27N3O/c1-3-8-19-9-10-20-16(12-19)15(18-17)11-14-6-4-13(2)5-7-14/h4-7,15-16,18H,3,8-12,17H2,1-2H3. The molecule has 0 amide bonds. The first kappa shape index (κ1) is 15.4. The fourth-order valence-corrected chi connectivity index (χ4v) is 2.77. The third-order valence-electron chi connectivity index (χ3n) is 3.96. The lowest BCUT2D eigenvalue weighted by Gasteiger charge is -2.36. The number of benzene rings is 1. The lowest BCUT2D eigenvalue weighted by molar-refractivity contribution is -0.0462. The molecule has 1 heterocycles. The van der Waals surface area contributed by atoms with Crippen molar-refractivity contribution >= 4 is 0 Å². The van der Waals surface area contributed by atoms with Gasteiger partial charge in [0.1, 0.15) is 0 Å². The summed E-state index contributed by atoms with van der Waals surface area (Å²) in [6, 6.07) is 8.80. The molecular formula is C16H27N3O. The molecule has 4 nitrogen and oxygen atoms in total. The average Bonchev–Trinajstić information content (AvgIpc) is 2.47. The molecule has 2 rings (SSSR count). The maximum atomic E-state index is 5.92. The number of morpholine rings is 1. The number of aryl methyl sites for hydroxylation is 1. The van der Waals surface area contributed by atoms with E-state index in [2.05, 4.69) is 48.4 Å². The molecule has 0 saturated carbocycles. The molecular weight excluding hydrogens is 250 g/mol. The van der Waals surface area contributed by atoms with Crippen LogP contribution in [0.3, 0.4) is 0 Å². The molecule has 0 aromatic heterocycles. The molecule has 0 aliphatic carbocycles. The zero-order valence-corrected chi connectivity index (χ0v) is 12.6. The maximum Gasteiger partial charge on any atom is 0.0871 e. The summed E-state index contributed by atoms with van der Waals surface area (Å²) in [6.45, 7) is 8.27. The molecule has 2 unspecified atom stereocenters. The van der Waals surface area contributed by atoms with Crippen molar-refractivity contribution in [3.63, 3.8) is 0 Å². The molecule has 1 saturated heterocycles. The molecule has 4 heteroatoms. The van der Waals surface area contributed by atoms with Crippen molar-refractivity contribution in [1.29, 1.82) is 0 Å². The highest BCUT2D eigenvalue weighted by molar-refractivity contribution is 5.22. The van der Waals surface area contributed by atoms with Crippen molar-refractivity contribution in [2.75, 3.05) is 26.2 Å². The van der Waals surface area contributed by atoms with Gasteiger partial charge in [-0.1, -0.05) is 36.8 Å². The molecule has 0 spiro atoms. The number of hydrazine groups is 1. The van der Waals surface area contributed by atoms with Gasteiger partial charge in [-0.05, 0) is 31.9 Å². The molecule has 20 heavy (non-hydrogen) atoms. The van der Waals surface area contributed by atoms with Crippen LogP contribution < -0.4 is 11.3 Å². The summed E-state index contributed by atoms with van der Waals surface area (Å²) in [5, 5.41) is 0. The molecule has 112 valence electrons. The Bertz CT molecular complexity index is 391. The third-order valence-corrected chi connectivity index (χ3v) is 3.96. The van der Waals surface area contributed by atoms with Gasteiger partial charge in [0.25, 0.3) is 0 Å². The van der Waals surface area contributed by atoms with Crippen molar-refractivity contribution in [3.05, 3.63) is 35.4 Å². The summed E-state index contributed by atoms with van der Waals surface area (Å²) >= 11 is 0. The lowest BCUT2D eigenvalue weighted by atomic mass is 9.99. The van der Waals surface area contributed by atoms with Gasteiger partial charge in [-0.15, -0.1) is 0 Å². The number of hydrogen-bond donors (Lipinski definition) is 2. The minimum absolute atomic E-state index is 0.164. The van der Waals surface area contributed by atoms with Crippen molar-refractivity contribution < 1.29 is 4.74 Å². The molecule has 1 aromatic rings. The number of hydrogen-bond acceptors (Lipinski definition) is 4. The van der Waals surface area contributed by atoms with Crippen molar-refractivity contribution in [1.82, 2.24) is 10.3 Å². The minimum Gasteiger partial charge on any atom is -0.374 e. The van der Waals surface area contributed by atoms with Crippen LogP contribution in [0.25, 0.3) is 0 Å². The Morgan fingerprint density at radius 3 is 2.80 bits per heavy atom. The van der Waals surface area contributed by atoms with Crippen LogP contribution in [0.1, 0.15) is 24.5 Å². The highest BCUT2D eigenvalue weighted by atomic mass is 16.5. The molecule has 1 aromatic carbocycles. The van der Waals surface area contributed by atoms with Crippen molar-refractivity contribution in [2.24, 2.45) is 5.84 Å². The van der Waals surface area contributed by atoms with E-state index in [4.69, 9.17) is 10.6 Å². The Morgan fingerprint density at radius 2 is 2.15 bits per heavy atom. The van der Waals surface area contributed by atoms with Crippen LogP contribution in [0.2, 0.25) is 0 Å². The molecule has 1 aliphatic rings. The second kappa shape index (κ2) is 7.74. The Hall–Kier alpha value is -0.940. The predicted octanol–water partition coefficient (Wildman–Crippen LogP) is 1.48. The molecule has 1 fully saturated rings. The molecule has 0 bridgehead atoms. The summed E-state index contributed by atoms with van der Waals surface area (Å²) in [4.78, 5) is 2.47. The van der Waals surface area contributed by atoms with Gasteiger partial charge >= 0.3 is 0 Å². The Kier molecular flexibility index (Phi) is 5.98. The quantitative estimate of drug-likeness (QED) is 0.611. The van der Waals surface area contributed by atoms with Gasteiger partial charge in [-0.2, -0.15) is 0 Å². The van der Waals surface area contributed by atoms with E-state index in [9.17, 15) is 0 Å². The van der Waals surface area contributed by atoms with Crippen LogP contribution in [-0.4, -0.2) is 43.3 Å². The van der Waals surface area contributed by atoms with Crippen LogP contribution in [0.5, 0.6) is 0 Å². The van der Waals surface area contributed by atoms with E-state index in [1.807, 2.05) is 0 Å². The van der Waals surface area contributed by atoms with Gasteiger partial charge in [0.15, 0.2) is 0 Å². The van der Waals surface area contributed by atoms with Crippen LogP contribution in [-0.2, 0) is 11.2 Å². The highest BCUT2D eigenvalue weighted by Crippen LogP contribution is 2.14. The van der Waals surface area contributed by atoms with Gasteiger partial charge in [-0.25, -0.2) is 0 Å². The smallest absolute Gasteiger partial charge is 0.0871 e. The fourth-order valence-electron chi connectivity index (χ4n) is 2.77. The molecule has 2 atom stereocenters. The Morgan fingerprint density at radius 1 is 1.40 bits per heavy atom. The fraction of sp³-hybridized carbons (Fsp3) is 0.625. The largest absolute Gasteiger partial charge is 0.374 e. The predicted molar refractivity (Wildman–Crippen MR) is 82.5 cm³/mol. The van der Waals surface area contributed by atoms with E-state index < -0.39 is 0 Å². The van der Waals surface area contributed by atoms with E-state index >= 15 is 0 Å². The number of ether oxygens (including phenoxy) is 1. The van der Waals surface area contributed by atoms with E-state index in [-0.39, 0.29) is 12.1 Å². The summed E-state index contributed by atoms with van der Waals surface area (Å²) in [5.41, 5.74) is 5.53. The van der Waals surface area contributed by atoms with Gasteiger partial charge in [-0.3, -0.25) is 16.2 Å². The zero-order chi connectivity index (χ0) is 14.4. The maximum absolute atomic E-state index is 5.92. The summed E-state index contributed by atoms with van der Waals surface area (Å²) in [6.07, 6.45) is 2.26. The first-order valence-electron chi connectivity index (χ1n) is 7.58. The van der Waals surface area contributed by atoms with E-state index in [1.54, 1.807) is 0 Å². The summed E-state index contributed by atoms with van der Waals surface area (Å²) < 4.78 is 5.92. The molecule has 0 radical (unpaired) electrons. The first-order valence-corrected chi connectivity index (χ1v) is 7.58. The van der Waals surface area contributed by atoms with Gasteiger partial charge in [0, 0.05) is 13.1 Å². The second-order valence-electron chi connectivity index (χ2n) is 5.67. The average molecular weight is 277 g/mol. The van der Waals surface area contributed by atoms with Crippen LogP contribution in [0.15, 0.2) is 24.3 Å². The minimum atomic E-state index is 0.164. The van der Waals surface area contributed by atoms with Crippen molar-refractivity contribution in [3.8, 4) is 0 Å². The topological polar surface area (TPSA) is 50.5 Å². The Labute approximate surface area is 122 Å². The van der Waals surface area contributed by atoms with Gasteiger partial charge in [0.2, 0.25) is 0 Å². The zero-order valence-electron chi connectivity index (χ0n) is 12.6. The molecule has 3 N–H and O–H groups in total. The third kappa shape index (κ3) is 4.28. The van der Waals surface area contributed by atoms with Crippen LogP contribution >= 0.6 is 0 Å². The monoisotopic (exact) mass is 277 g/mol. The summed E-state index contributed by atoms with van der Waals surface area (Å²) in [7, 11) is 0. The normalized spacial score (nSPS) is 21.9. The first-order chi connectivity index (χ1) is 9.72. The van der Waals surface area contributed by atoms with Crippen molar-refractivity contribution in [2.45, 2.75) is 38.8 Å². The number of nitrogens with two attached hydrogens (primary N) is 1. The Balaban J connectivity index is 1.95. The van der Waals surface area contributed by atoms with E-state index in [0.29, 0.717) is 0 Å². The summed E-state index contributed by atoms with van der Waals surface area (Å²) in [5.74, 6) is 5.75. The highest BCUT2D eigenvalue weighted by Gasteiger charge is 2.27. The van der Waals surface area contributed by atoms with Crippen LogP contribution in [0, 0.1) is 6.92 Å². The van der Waals surface area contributed by atoms with Crippen LogP contribution in [0.4, 0.5) is 0 Å². The number of rotatable bonds is 6. The van der Waals surface area contributed by atoms with E-state index in [1.165, 1.54) is 17.5 Å². The van der Waals surface area contributed by atoms with Gasteiger partial charge < -0.3 is 4.74 Å². The SMILES string of the molecule is CCCN1CCOC(C(Cc2ccc(C)cc2)NN)C1. The lowest BCUT2D eigenvalue weighted by Crippen LogP contribution is -2.54.